The molecule has 18 heavy (non-hydrogen) atoms. The van der Waals surface area contributed by atoms with Crippen molar-refractivity contribution < 1.29 is 9.84 Å². The molecule has 1 aliphatic carbocycles. The van der Waals surface area contributed by atoms with Gasteiger partial charge in [0.1, 0.15) is 12.4 Å². The molecule has 0 aromatic heterocycles. The summed E-state index contributed by atoms with van der Waals surface area (Å²) in [6.07, 6.45) is 2.37. The fourth-order valence-electron chi connectivity index (χ4n) is 2.38. The van der Waals surface area contributed by atoms with Gasteiger partial charge in [-0.2, -0.15) is 0 Å². The number of aryl methyl sites for hydroxylation is 1. The van der Waals surface area contributed by atoms with Crippen molar-refractivity contribution in [2.24, 2.45) is 5.92 Å². The lowest BCUT2D eigenvalue weighted by molar-refractivity contribution is 0.0864. The van der Waals surface area contributed by atoms with Crippen LogP contribution in [0.5, 0.6) is 5.75 Å². The Hall–Kier alpha value is -1.06. The summed E-state index contributed by atoms with van der Waals surface area (Å²) in [5, 5.41) is 13.1. The number of hydrogen-bond acceptors (Lipinski definition) is 3. The summed E-state index contributed by atoms with van der Waals surface area (Å²) in [6, 6.07) is 8.05. The van der Waals surface area contributed by atoms with Crippen LogP contribution in [0.15, 0.2) is 24.3 Å². The average molecular weight is 249 g/mol. The zero-order chi connectivity index (χ0) is 13.0. The maximum Gasteiger partial charge on any atom is 0.119 e. The van der Waals surface area contributed by atoms with Crippen molar-refractivity contribution in [1.29, 1.82) is 0 Å². The molecule has 1 atom stereocenters. The summed E-state index contributed by atoms with van der Waals surface area (Å²) in [6.45, 7) is 5.65. The van der Waals surface area contributed by atoms with E-state index in [2.05, 4.69) is 19.2 Å². The highest BCUT2D eigenvalue weighted by Crippen LogP contribution is 2.39. The molecule has 0 aliphatic heterocycles. The third-order valence-electron chi connectivity index (χ3n) is 3.69. The van der Waals surface area contributed by atoms with Gasteiger partial charge in [-0.3, -0.25) is 0 Å². The molecule has 1 aromatic rings. The highest BCUT2D eigenvalue weighted by molar-refractivity contribution is 5.26. The van der Waals surface area contributed by atoms with Gasteiger partial charge in [-0.1, -0.05) is 24.6 Å². The van der Waals surface area contributed by atoms with Crippen molar-refractivity contribution >= 4 is 0 Å². The van der Waals surface area contributed by atoms with Gasteiger partial charge in [0, 0.05) is 0 Å². The quantitative estimate of drug-likeness (QED) is 0.778. The van der Waals surface area contributed by atoms with Gasteiger partial charge < -0.3 is 15.2 Å². The minimum atomic E-state index is -0.264. The van der Waals surface area contributed by atoms with Crippen LogP contribution in [0.25, 0.3) is 0 Å². The Kier molecular flexibility index (Phi) is 4.25. The highest BCUT2D eigenvalue weighted by Gasteiger charge is 2.45. The lowest BCUT2D eigenvalue weighted by atomic mass is 9.95. The van der Waals surface area contributed by atoms with Crippen LogP contribution in [0.3, 0.4) is 0 Å². The van der Waals surface area contributed by atoms with Crippen molar-refractivity contribution in [2.75, 3.05) is 19.8 Å². The first kappa shape index (κ1) is 13.4. The van der Waals surface area contributed by atoms with E-state index in [0.717, 1.165) is 12.3 Å². The summed E-state index contributed by atoms with van der Waals surface area (Å²) in [7, 11) is 0. The van der Waals surface area contributed by atoms with Crippen LogP contribution in [0.2, 0.25) is 0 Å². The van der Waals surface area contributed by atoms with E-state index in [-0.39, 0.29) is 12.1 Å². The number of aliphatic hydroxyl groups excluding tert-OH is 1. The van der Waals surface area contributed by atoms with Crippen LogP contribution in [-0.4, -0.2) is 30.4 Å². The molecule has 2 N–H and O–H groups in total. The highest BCUT2D eigenvalue weighted by atomic mass is 16.5. The summed E-state index contributed by atoms with van der Waals surface area (Å²) in [5.74, 6) is 1.42. The van der Waals surface area contributed by atoms with Gasteiger partial charge in [0.05, 0.1) is 12.1 Å². The summed E-state index contributed by atoms with van der Waals surface area (Å²) in [4.78, 5) is 0. The number of rotatable bonds is 7. The van der Waals surface area contributed by atoms with Crippen molar-refractivity contribution in [3.8, 4) is 5.75 Å². The number of nitrogens with one attached hydrogen (secondary N) is 1. The molecule has 2 rings (SSSR count). The van der Waals surface area contributed by atoms with E-state index in [1.807, 2.05) is 24.3 Å². The predicted octanol–water partition coefficient (Wildman–Crippen LogP) is 2.12. The molecule has 0 saturated heterocycles. The molecule has 1 aromatic carbocycles. The molecule has 0 bridgehead atoms. The van der Waals surface area contributed by atoms with Gasteiger partial charge in [-0.05, 0) is 44.4 Å². The monoisotopic (exact) mass is 249 g/mol. The largest absolute Gasteiger partial charge is 0.492 e. The van der Waals surface area contributed by atoms with Crippen molar-refractivity contribution in [1.82, 2.24) is 5.32 Å². The summed E-state index contributed by atoms with van der Waals surface area (Å²) in [5.41, 5.74) is 0.962. The third kappa shape index (κ3) is 3.03. The van der Waals surface area contributed by atoms with Crippen LogP contribution in [0.4, 0.5) is 0 Å². The fraction of sp³-hybridized carbons (Fsp3) is 0.600. The molecular formula is C15H23NO2. The average Bonchev–Trinajstić information content (AvgIpc) is 3.21. The maximum absolute atomic E-state index is 9.70. The topological polar surface area (TPSA) is 41.5 Å². The minimum Gasteiger partial charge on any atom is -0.492 e. The first-order chi connectivity index (χ1) is 8.70. The molecule has 1 fully saturated rings. The Balaban J connectivity index is 1.98. The second-order valence-electron chi connectivity index (χ2n) is 5.22. The number of likely N-dealkylation sites (N-methyl/N-ethyl adjacent to an activating group) is 1. The fourth-order valence-corrected chi connectivity index (χ4v) is 2.38. The second kappa shape index (κ2) is 5.72. The maximum atomic E-state index is 9.70. The lowest BCUT2D eigenvalue weighted by Crippen LogP contribution is -2.55. The zero-order valence-corrected chi connectivity index (χ0v) is 11.3. The van der Waals surface area contributed by atoms with Crippen molar-refractivity contribution in [3.63, 3.8) is 0 Å². The molecule has 1 aliphatic rings. The van der Waals surface area contributed by atoms with E-state index < -0.39 is 0 Å². The Bertz CT molecular complexity index is 373. The molecule has 0 heterocycles. The SMILES string of the molecule is CCNC(CO)(COc1ccc(C)cc1)C1CC1. The molecule has 100 valence electrons. The van der Waals surface area contributed by atoms with Gasteiger partial charge in [0.25, 0.3) is 0 Å². The minimum absolute atomic E-state index is 0.136. The Morgan fingerprint density at radius 2 is 2.00 bits per heavy atom. The van der Waals surface area contributed by atoms with E-state index in [9.17, 15) is 5.11 Å². The number of aliphatic hydroxyl groups is 1. The first-order valence-electron chi connectivity index (χ1n) is 6.75. The van der Waals surface area contributed by atoms with E-state index in [0.29, 0.717) is 12.5 Å². The van der Waals surface area contributed by atoms with E-state index >= 15 is 0 Å². The van der Waals surface area contributed by atoms with Crippen LogP contribution < -0.4 is 10.1 Å². The Morgan fingerprint density at radius 1 is 1.33 bits per heavy atom. The van der Waals surface area contributed by atoms with E-state index in [1.165, 1.54) is 18.4 Å². The number of hydrogen-bond donors (Lipinski definition) is 2. The molecule has 0 amide bonds. The van der Waals surface area contributed by atoms with E-state index in [1.54, 1.807) is 0 Å². The van der Waals surface area contributed by atoms with Gasteiger partial charge in [0.15, 0.2) is 0 Å². The van der Waals surface area contributed by atoms with E-state index in [4.69, 9.17) is 4.74 Å². The molecular weight excluding hydrogens is 226 g/mol. The smallest absolute Gasteiger partial charge is 0.119 e. The number of benzene rings is 1. The predicted molar refractivity (Wildman–Crippen MR) is 72.9 cm³/mol. The van der Waals surface area contributed by atoms with Gasteiger partial charge in [0.2, 0.25) is 0 Å². The van der Waals surface area contributed by atoms with Crippen LogP contribution in [0, 0.1) is 12.8 Å². The molecule has 3 heteroatoms. The standard InChI is InChI=1S/C15H23NO2/c1-3-16-15(10-17,13-6-7-13)11-18-14-8-4-12(2)5-9-14/h4-5,8-9,13,16-17H,3,6-7,10-11H2,1-2H3. The zero-order valence-electron chi connectivity index (χ0n) is 11.3. The second-order valence-corrected chi connectivity index (χ2v) is 5.22. The Morgan fingerprint density at radius 3 is 2.50 bits per heavy atom. The Labute approximate surface area is 109 Å². The molecule has 0 radical (unpaired) electrons. The molecule has 3 nitrogen and oxygen atoms in total. The normalized spacial score (nSPS) is 18.4. The van der Waals surface area contributed by atoms with Crippen LogP contribution >= 0.6 is 0 Å². The lowest BCUT2D eigenvalue weighted by Gasteiger charge is -2.32. The van der Waals surface area contributed by atoms with Gasteiger partial charge in [-0.25, -0.2) is 0 Å². The number of ether oxygens (including phenoxy) is 1. The summed E-state index contributed by atoms with van der Waals surface area (Å²) < 4.78 is 5.85. The van der Waals surface area contributed by atoms with Crippen molar-refractivity contribution in [2.45, 2.75) is 32.2 Å². The van der Waals surface area contributed by atoms with Crippen molar-refractivity contribution in [3.05, 3.63) is 29.8 Å². The molecule has 1 unspecified atom stereocenters. The van der Waals surface area contributed by atoms with Gasteiger partial charge >= 0.3 is 0 Å². The molecule has 1 saturated carbocycles. The van der Waals surface area contributed by atoms with Gasteiger partial charge in [-0.15, -0.1) is 0 Å². The summed E-state index contributed by atoms with van der Waals surface area (Å²) >= 11 is 0. The first-order valence-corrected chi connectivity index (χ1v) is 6.75. The third-order valence-corrected chi connectivity index (χ3v) is 3.69. The molecule has 0 spiro atoms. The van der Waals surface area contributed by atoms with Crippen LogP contribution in [0.1, 0.15) is 25.3 Å². The van der Waals surface area contributed by atoms with Crippen LogP contribution in [-0.2, 0) is 0 Å².